The van der Waals surface area contributed by atoms with E-state index in [2.05, 4.69) is 31.3 Å². The lowest BCUT2D eigenvalue weighted by Crippen LogP contribution is -2.45. The molecule has 0 radical (unpaired) electrons. The fourth-order valence-electron chi connectivity index (χ4n) is 9.28. The van der Waals surface area contributed by atoms with Gasteiger partial charge in [-0.1, -0.05) is 276 Å². The molecule has 6 heteroatoms. The first-order chi connectivity index (χ1) is 32.0. The lowest BCUT2D eigenvalue weighted by Gasteiger charge is -2.22. The van der Waals surface area contributed by atoms with E-state index in [1.807, 2.05) is 0 Å². The number of amides is 1. The molecule has 1 amide bonds. The minimum absolute atomic E-state index is 0.00973. The van der Waals surface area contributed by atoms with Crippen molar-refractivity contribution in [2.75, 3.05) is 13.2 Å². The number of unbranched alkanes of at least 4 members (excludes halogenated alkanes) is 42. The molecule has 0 aromatic carbocycles. The zero-order chi connectivity index (χ0) is 47.2. The highest BCUT2D eigenvalue weighted by atomic mass is 16.5. The highest BCUT2D eigenvalue weighted by Crippen LogP contribution is 2.18. The van der Waals surface area contributed by atoms with E-state index in [0.29, 0.717) is 25.9 Å². The van der Waals surface area contributed by atoms with Crippen LogP contribution in [0.1, 0.15) is 328 Å². The Bertz CT molecular complexity index is 970. The van der Waals surface area contributed by atoms with E-state index in [4.69, 9.17) is 4.74 Å². The molecule has 2 atom stereocenters. The third-order valence-electron chi connectivity index (χ3n) is 13.8. The molecule has 0 aromatic rings. The predicted molar refractivity (Wildman–Crippen MR) is 283 cm³/mol. The van der Waals surface area contributed by atoms with Crippen molar-refractivity contribution in [2.24, 2.45) is 0 Å². The van der Waals surface area contributed by atoms with Crippen LogP contribution in [0.4, 0.5) is 0 Å². The molecule has 0 bridgehead atoms. The first-order valence-electron chi connectivity index (χ1n) is 29.4. The van der Waals surface area contributed by atoms with Gasteiger partial charge in [-0.3, -0.25) is 9.59 Å². The minimum Gasteiger partial charge on any atom is -0.466 e. The molecule has 6 nitrogen and oxygen atoms in total. The van der Waals surface area contributed by atoms with Crippen LogP contribution in [0.3, 0.4) is 0 Å². The normalized spacial score (nSPS) is 12.6. The van der Waals surface area contributed by atoms with Gasteiger partial charge in [0.05, 0.1) is 25.4 Å². The van der Waals surface area contributed by atoms with Crippen molar-refractivity contribution in [3.8, 4) is 0 Å². The van der Waals surface area contributed by atoms with Crippen LogP contribution >= 0.6 is 0 Å². The Labute approximate surface area is 406 Å². The lowest BCUT2D eigenvalue weighted by atomic mass is 10.0. The quantitative estimate of drug-likeness (QED) is 0.0321. The molecule has 0 aliphatic rings. The summed E-state index contributed by atoms with van der Waals surface area (Å²) < 4.78 is 5.47. The molecular weight excluding hydrogens is 803 g/mol. The van der Waals surface area contributed by atoms with Crippen LogP contribution in [0.5, 0.6) is 0 Å². The number of carbonyl (C=O) groups is 2. The van der Waals surface area contributed by atoms with Crippen molar-refractivity contribution >= 4 is 11.9 Å². The average molecular weight is 919 g/mol. The number of rotatable bonds is 55. The summed E-state index contributed by atoms with van der Waals surface area (Å²) in [5.41, 5.74) is 0. The molecule has 0 saturated heterocycles. The topological polar surface area (TPSA) is 95.9 Å². The Kier molecular flexibility index (Phi) is 54.0. The largest absolute Gasteiger partial charge is 0.466 e. The maximum Gasteiger partial charge on any atom is 0.305 e. The average Bonchev–Trinajstić information content (AvgIpc) is 3.31. The Morgan fingerprint density at radius 3 is 1.09 bits per heavy atom. The molecule has 0 saturated carbocycles. The summed E-state index contributed by atoms with van der Waals surface area (Å²) in [6, 6.07) is -0.550. The van der Waals surface area contributed by atoms with Crippen molar-refractivity contribution < 1.29 is 24.5 Å². The van der Waals surface area contributed by atoms with Crippen molar-refractivity contribution in [1.29, 1.82) is 0 Å². The number of aliphatic hydroxyl groups excluding tert-OH is 2. The summed E-state index contributed by atoms with van der Waals surface area (Å²) in [5.74, 6) is -0.0522. The molecule has 0 heterocycles. The van der Waals surface area contributed by atoms with Crippen molar-refractivity contribution in [1.82, 2.24) is 5.32 Å². The lowest BCUT2D eigenvalue weighted by molar-refractivity contribution is -0.143. The standard InChI is InChI=1S/C59H115NO5/c1-3-5-7-9-11-13-15-17-19-20-21-22-23-24-27-31-35-39-43-47-51-57(62)56(55-61)60-58(63)52-48-44-40-36-32-28-25-26-30-34-38-42-46-50-54-65-59(64)53-49-45-41-37-33-29-18-16-14-12-10-8-6-4-2/h16,18,56-57,61-62H,3-15,17,19-55H2,1-2H3,(H,60,63)/b18-16-. The number of ether oxygens (including phenoxy) is 1. The predicted octanol–water partition coefficient (Wildman–Crippen LogP) is 18.1. The molecule has 3 N–H and O–H groups in total. The Balaban J connectivity index is 3.44. The number of carbonyl (C=O) groups excluding carboxylic acids is 2. The van der Waals surface area contributed by atoms with Gasteiger partial charge in [0.2, 0.25) is 5.91 Å². The third kappa shape index (κ3) is 51.8. The molecule has 0 aromatic heterocycles. The van der Waals surface area contributed by atoms with E-state index in [1.165, 1.54) is 244 Å². The first kappa shape index (κ1) is 63.6. The van der Waals surface area contributed by atoms with Crippen LogP contribution in [-0.4, -0.2) is 47.4 Å². The SMILES string of the molecule is CCCCCCC/C=C\CCCCCCCC(=O)OCCCCCCCCCCCCCCCCC(=O)NC(CO)C(O)CCCCCCCCCCCCCCCCCCCCCC. The summed E-state index contributed by atoms with van der Waals surface area (Å²) in [5, 5.41) is 23.3. The van der Waals surface area contributed by atoms with Gasteiger partial charge in [0.15, 0.2) is 0 Å². The van der Waals surface area contributed by atoms with Crippen LogP contribution in [0.25, 0.3) is 0 Å². The van der Waals surface area contributed by atoms with Crippen molar-refractivity contribution in [3.05, 3.63) is 12.2 Å². The van der Waals surface area contributed by atoms with Gasteiger partial charge in [0, 0.05) is 12.8 Å². The zero-order valence-electron chi connectivity index (χ0n) is 44.0. The maximum atomic E-state index is 12.5. The molecular formula is C59H115NO5. The van der Waals surface area contributed by atoms with Crippen LogP contribution in [0.15, 0.2) is 12.2 Å². The van der Waals surface area contributed by atoms with Gasteiger partial charge in [-0.15, -0.1) is 0 Å². The number of esters is 1. The monoisotopic (exact) mass is 918 g/mol. The highest BCUT2D eigenvalue weighted by Gasteiger charge is 2.20. The van der Waals surface area contributed by atoms with E-state index in [0.717, 1.165) is 51.4 Å². The van der Waals surface area contributed by atoms with Crippen molar-refractivity contribution in [3.63, 3.8) is 0 Å². The van der Waals surface area contributed by atoms with E-state index >= 15 is 0 Å². The highest BCUT2D eigenvalue weighted by molar-refractivity contribution is 5.76. The second kappa shape index (κ2) is 55.2. The summed E-state index contributed by atoms with van der Waals surface area (Å²) in [7, 11) is 0. The van der Waals surface area contributed by atoms with E-state index < -0.39 is 12.1 Å². The molecule has 0 aliphatic carbocycles. The first-order valence-corrected chi connectivity index (χ1v) is 29.4. The number of allylic oxidation sites excluding steroid dienone is 2. The van der Waals surface area contributed by atoms with Crippen molar-refractivity contribution in [2.45, 2.75) is 341 Å². The molecule has 65 heavy (non-hydrogen) atoms. The van der Waals surface area contributed by atoms with Gasteiger partial charge in [-0.05, 0) is 51.4 Å². The van der Waals surface area contributed by atoms with E-state index in [1.54, 1.807) is 0 Å². The van der Waals surface area contributed by atoms with Crippen LogP contribution in [0, 0.1) is 0 Å². The maximum absolute atomic E-state index is 12.5. The summed E-state index contributed by atoms with van der Waals surface area (Å²) in [6.07, 6.45) is 64.8. The van der Waals surface area contributed by atoms with Gasteiger partial charge in [-0.25, -0.2) is 0 Å². The van der Waals surface area contributed by atoms with Crippen LogP contribution < -0.4 is 5.32 Å². The van der Waals surface area contributed by atoms with Gasteiger partial charge < -0.3 is 20.3 Å². The van der Waals surface area contributed by atoms with Crippen LogP contribution in [-0.2, 0) is 14.3 Å². The minimum atomic E-state index is -0.672. The van der Waals surface area contributed by atoms with Crippen LogP contribution in [0.2, 0.25) is 0 Å². The molecule has 0 aliphatic heterocycles. The Morgan fingerprint density at radius 1 is 0.415 bits per heavy atom. The molecule has 0 fully saturated rings. The third-order valence-corrected chi connectivity index (χ3v) is 13.8. The molecule has 386 valence electrons. The Morgan fingerprint density at radius 2 is 0.723 bits per heavy atom. The molecule has 0 rings (SSSR count). The summed E-state index contributed by atoms with van der Waals surface area (Å²) in [6.45, 7) is 4.94. The zero-order valence-corrected chi connectivity index (χ0v) is 44.0. The second-order valence-electron chi connectivity index (χ2n) is 20.3. The van der Waals surface area contributed by atoms with Gasteiger partial charge in [0.25, 0.3) is 0 Å². The number of hydrogen-bond acceptors (Lipinski definition) is 5. The number of aliphatic hydroxyl groups is 2. The van der Waals surface area contributed by atoms with E-state index in [-0.39, 0.29) is 18.5 Å². The van der Waals surface area contributed by atoms with Gasteiger partial charge in [-0.2, -0.15) is 0 Å². The van der Waals surface area contributed by atoms with Gasteiger partial charge >= 0.3 is 5.97 Å². The van der Waals surface area contributed by atoms with Gasteiger partial charge in [0.1, 0.15) is 0 Å². The second-order valence-corrected chi connectivity index (χ2v) is 20.3. The molecule has 0 spiro atoms. The smallest absolute Gasteiger partial charge is 0.305 e. The fourth-order valence-corrected chi connectivity index (χ4v) is 9.28. The summed E-state index contributed by atoms with van der Waals surface area (Å²) >= 11 is 0. The number of hydrogen-bond donors (Lipinski definition) is 3. The fraction of sp³-hybridized carbons (Fsp3) is 0.932. The van der Waals surface area contributed by atoms with E-state index in [9.17, 15) is 19.8 Å². The number of nitrogens with one attached hydrogen (secondary N) is 1. The molecule has 2 unspecified atom stereocenters. The summed E-state index contributed by atoms with van der Waals surface area (Å²) in [4.78, 5) is 24.5. The Hall–Kier alpha value is -1.40.